The van der Waals surface area contributed by atoms with Crippen molar-refractivity contribution in [2.75, 3.05) is 13.2 Å². The highest BCUT2D eigenvalue weighted by molar-refractivity contribution is 5.79. The summed E-state index contributed by atoms with van der Waals surface area (Å²) in [6, 6.07) is 0.505. The zero-order chi connectivity index (χ0) is 14.0. The summed E-state index contributed by atoms with van der Waals surface area (Å²) < 4.78 is 0. The minimum atomic E-state index is 0.0540. The molecule has 0 aromatic heterocycles. The Morgan fingerprint density at radius 3 is 2.47 bits per heavy atom. The van der Waals surface area contributed by atoms with Crippen LogP contribution in [0.15, 0.2) is 0 Å². The van der Waals surface area contributed by atoms with Gasteiger partial charge in [0, 0.05) is 24.5 Å². The van der Waals surface area contributed by atoms with E-state index in [1.54, 1.807) is 0 Å². The zero-order valence-electron chi connectivity index (χ0n) is 12.2. The average molecular weight is 268 g/mol. The van der Waals surface area contributed by atoms with Gasteiger partial charge < -0.3 is 15.7 Å². The molecule has 0 saturated heterocycles. The summed E-state index contributed by atoms with van der Waals surface area (Å²) in [5.41, 5.74) is 6.15. The molecule has 2 aliphatic rings. The normalized spacial score (nSPS) is 35.8. The Labute approximate surface area is 116 Å². The number of aliphatic hydroxyl groups excluding tert-OH is 1. The summed E-state index contributed by atoms with van der Waals surface area (Å²) in [7, 11) is 0. The van der Waals surface area contributed by atoms with E-state index in [2.05, 4.69) is 13.8 Å². The van der Waals surface area contributed by atoms with Crippen molar-refractivity contribution in [3.05, 3.63) is 0 Å². The van der Waals surface area contributed by atoms with E-state index in [0.29, 0.717) is 24.4 Å². The van der Waals surface area contributed by atoms with Crippen LogP contribution in [0.5, 0.6) is 0 Å². The maximum Gasteiger partial charge on any atom is 0.226 e. The Morgan fingerprint density at radius 1 is 1.26 bits per heavy atom. The number of rotatable bonds is 4. The summed E-state index contributed by atoms with van der Waals surface area (Å²) in [4.78, 5) is 14.7. The van der Waals surface area contributed by atoms with Crippen LogP contribution in [0.1, 0.15) is 46.0 Å². The quantitative estimate of drug-likeness (QED) is 0.809. The van der Waals surface area contributed by atoms with E-state index in [1.807, 2.05) is 4.90 Å². The molecule has 0 aromatic carbocycles. The van der Waals surface area contributed by atoms with E-state index >= 15 is 0 Å². The maximum atomic E-state index is 12.7. The molecule has 0 aromatic rings. The molecule has 2 aliphatic carbocycles. The lowest BCUT2D eigenvalue weighted by Gasteiger charge is -2.43. The molecule has 2 saturated carbocycles. The molecule has 2 rings (SSSR count). The van der Waals surface area contributed by atoms with Gasteiger partial charge in [-0.2, -0.15) is 0 Å². The van der Waals surface area contributed by atoms with Crippen molar-refractivity contribution >= 4 is 5.91 Å². The van der Waals surface area contributed by atoms with Gasteiger partial charge in [0.05, 0.1) is 6.61 Å². The largest absolute Gasteiger partial charge is 0.395 e. The van der Waals surface area contributed by atoms with Gasteiger partial charge >= 0.3 is 0 Å². The van der Waals surface area contributed by atoms with Crippen LogP contribution in [0.4, 0.5) is 0 Å². The van der Waals surface area contributed by atoms with Crippen molar-refractivity contribution in [2.24, 2.45) is 23.5 Å². The Morgan fingerprint density at radius 2 is 1.95 bits per heavy atom. The van der Waals surface area contributed by atoms with Crippen LogP contribution in [0.3, 0.4) is 0 Å². The third-order valence-electron chi connectivity index (χ3n) is 5.14. The first-order valence-electron chi connectivity index (χ1n) is 7.71. The molecule has 0 spiro atoms. The molecule has 1 amide bonds. The molecule has 110 valence electrons. The molecule has 4 atom stereocenters. The summed E-state index contributed by atoms with van der Waals surface area (Å²) in [6.07, 6.45) is 5.23. The van der Waals surface area contributed by atoms with Crippen LogP contribution < -0.4 is 5.73 Å². The Balaban J connectivity index is 2.03. The lowest BCUT2D eigenvalue weighted by atomic mass is 9.72. The minimum absolute atomic E-state index is 0.0540. The SMILES string of the molecule is CC1CC(C)C(C(=O)N(CCO)C2CCC2)CC1N. The van der Waals surface area contributed by atoms with Crippen LogP contribution in [0, 0.1) is 17.8 Å². The lowest BCUT2D eigenvalue weighted by Crippen LogP contribution is -2.52. The number of nitrogens with two attached hydrogens (primary N) is 1. The zero-order valence-corrected chi connectivity index (χ0v) is 12.2. The first kappa shape index (κ1) is 14.8. The fraction of sp³-hybridized carbons (Fsp3) is 0.933. The van der Waals surface area contributed by atoms with E-state index in [0.717, 1.165) is 25.7 Å². The van der Waals surface area contributed by atoms with Crippen molar-refractivity contribution in [3.63, 3.8) is 0 Å². The average Bonchev–Trinajstić information content (AvgIpc) is 2.30. The first-order chi connectivity index (χ1) is 9.04. The number of carbonyl (C=O) groups excluding carboxylic acids is 1. The first-order valence-corrected chi connectivity index (χ1v) is 7.71. The van der Waals surface area contributed by atoms with Gasteiger partial charge in [0.1, 0.15) is 0 Å². The van der Waals surface area contributed by atoms with Crippen LogP contribution in [-0.2, 0) is 4.79 Å². The fourth-order valence-corrected chi connectivity index (χ4v) is 3.52. The second-order valence-corrected chi connectivity index (χ2v) is 6.54. The molecular formula is C15H28N2O2. The van der Waals surface area contributed by atoms with Crippen molar-refractivity contribution in [1.82, 2.24) is 4.90 Å². The van der Waals surface area contributed by atoms with E-state index in [1.165, 1.54) is 6.42 Å². The predicted octanol–water partition coefficient (Wildman–Crippen LogP) is 1.37. The van der Waals surface area contributed by atoms with Gasteiger partial charge in [0.15, 0.2) is 0 Å². The van der Waals surface area contributed by atoms with E-state index in [9.17, 15) is 9.90 Å². The highest BCUT2D eigenvalue weighted by Crippen LogP contribution is 2.36. The van der Waals surface area contributed by atoms with Crippen LogP contribution in [0.25, 0.3) is 0 Å². The summed E-state index contributed by atoms with van der Waals surface area (Å²) >= 11 is 0. The second-order valence-electron chi connectivity index (χ2n) is 6.54. The van der Waals surface area contributed by atoms with Gasteiger partial charge in [-0.25, -0.2) is 0 Å². The van der Waals surface area contributed by atoms with Crippen LogP contribution in [-0.4, -0.2) is 41.1 Å². The summed E-state index contributed by atoms with van der Waals surface area (Å²) in [5.74, 6) is 1.20. The molecule has 4 nitrogen and oxygen atoms in total. The van der Waals surface area contributed by atoms with Gasteiger partial charge in [-0.15, -0.1) is 0 Å². The monoisotopic (exact) mass is 268 g/mol. The van der Waals surface area contributed by atoms with E-state index in [4.69, 9.17) is 5.73 Å². The van der Waals surface area contributed by atoms with Gasteiger partial charge in [0.2, 0.25) is 5.91 Å². The van der Waals surface area contributed by atoms with Crippen molar-refractivity contribution < 1.29 is 9.90 Å². The molecule has 0 radical (unpaired) electrons. The number of hydrogen-bond donors (Lipinski definition) is 2. The minimum Gasteiger partial charge on any atom is -0.395 e. The summed E-state index contributed by atoms with van der Waals surface area (Å²) in [6.45, 7) is 4.89. The maximum absolute atomic E-state index is 12.7. The number of carbonyl (C=O) groups is 1. The van der Waals surface area contributed by atoms with Crippen LogP contribution >= 0.6 is 0 Å². The third-order valence-corrected chi connectivity index (χ3v) is 5.14. The second kappa shape index (κ2) is 6.23. The summed E-state index contributed by atoms with van der Waals surface area (Å²) in [5, 5.41) is 9.19. The third kappa shape index (κ3) is 3.11. The predicted molar refractivity (Wildman–Crippen MR) is 75.5 cm³/mol. The molecule has 4 heteroatoms. The number of hydrogen-bond acceptors (Lipinski definition) is 3. The Hall–Kier alpha value is -0.610. The van der Waals surface area contributed by atoms with Crippen LogP contribution in [0.2, 0.25) is 0 Å². The molecule has 19 heavy (non-hydrogen) atoms. The fourth-order valence-electron chi connectivity index (χ4n) is 3.52. The van der Waals surface area contributed by atoms with Crippen molar-refractivity contribution in [2.45, 2.75) is 58.0 Å². The molecule has 0 heterocycles. The highest BCUT2D eigenvalue weighted by atomic mass is 16.3. The topological polar surface area (TPSA) is 66.6 Å². The number of nitrogens with zero attached hydrogens (tertiary/aromatic N) is 1. The molecule has 0 aliphatic heterocycles. The van der Waals surface area contributed by atoms with Crippen molar-refractivity contribution in [3.8, 4) is 0 Å². The van der Waals surface area contributed by atoms with Gasteiger partial charge in [-0.1, -0.05) is 13.8 Å². The Bertz CT molecular complexity index is 317. The molecule has 3 N–H and O–H groups in total. The Kier molecular flexibility index (Phi) is 4.85. The standard InChI is InChI=1S/C15H28N2O2/c1-10-8-11(2)14(16)9-13(10)15(19)17(6-7-18)12-4-3-5-12/h10-14,18H,3-9,16H2,1-2H3. The molecule has 4 unspecified atom stereocenters. The van der Waals surface area contributed by atoms with Gasteiger partial charge in [-0.05, 0) is 43.9 Å². The van der Waals surface area contributed by atoms with Gasteiger partial charge in [0.25, 0.3) is 0 Å². The molecule has 2 fully saturated rings. The molecule has 0 bridgehead atoms. The smallest absolute Gasteiger partial charge is 0.226 e. The number of amides is 1. The highest BCUT2D eigenvalue weighted by Gasteiger charge is 2.39. The number of aliphatic hydroxyl groups is 1. The van der Waals surface area contributed by atoms with Gasteiger partial charge in [-0.3, -0.25) is 4.79 Å². The van der Waals surface area contributed by atoms with E-state index in [-0.39, 0.29) is 24.5 Å². The molecular weight excluding hydrogens is 240 g/mol. The van der Waals surface area contributed by atoms with E-state index < -0.39 is 0 Å². The van der Waals surface area contributed by atoms with Crippen molar-refractivity contribution in [1.29, 1.82) is 0 Å². The lowest BCUT2D eigenvalue weighted by molar-refractivity contribution is -0.143.